The molecule has 0 saturated carbocycles. The number of hydrogen-bond donors (Lipinski definition) is 1. The Balaban J connectivity index is 2.35. The number of hydrogen-bond acceptors (Lipinski definition) is 3. The van der Waals surface area contributed by atoms with E-state index in [0.29, 0.717) is 0 Å². The summed E-state index contributed by atoms with van der Waals surface area (Å²) in [6, 6.07) is 4.44. The third-order valence-electron chi connectivity index (χ3n) is 1.62. The van der Waals surface area contributed by atoms with Crippen LogP contribution in [0.1, 0.15) is 0 Å². The van der Waals surface area contributed by atoms with Crippen molar-refractivity contribution in [3.05, 3.63) is 24.0 Å². The molecule has 1 aromatic rings. The first-order chi connectivity index (χ1) is 5.79. The molecule has 0 aliphatic carbocycles. The van der Waals surface area contributed by atoms with E-state index in [1.807, 2.05) is 0 Å². The van der Waals surface area contributed by atoms with E-state index in [4.69, 9.17) is 0 Å². The Morgan fingerprint density at radius 1 is 1.58 bits per heavy atom. The highest BCUT2D eigenvalue weighted by atomic mass is 32.2. The van der Waals surface area contributed by atoms with Crippen molar-refractivity contribution >= 4 is 23.7 Å². The smallest absolute Gasteiger partial charge is 0.152 e. The lowest BCUT2D eigenvalue weighted by atomic mass is 10.3. The van der Waals surface area contributed by atoms with Gasteiger partial charge in [0.1, 0.15) is 11.2 Å². The van der Waals surface area contributed by atoms with Gasteiger partial charge in [0.15, 0.2) is 6.29 Å². The third kappa shape index (κ3) is 1.18. The number of aldehydes is 1. The lowest BCUT2D eigenvalue weighted by Crippen LogP contribution is -2.10. The zero-order valence-electron chi connectivity index (χ0n) is 6.08. The highest BCUT2D eigenvalue weighted by Gasteiger charge is 2.20. The van der Waals surface area contributed by atoms with Gasteiger partial charge in [-0.3, -0.25) is 0 Å². The average molecular weight is 183 g/mol. The van der Waals surface area contributed by atoms with E-state index < -0.39 is 0 Å². The first kappa shape index (κ1) is 7.61. The molecule has 0 saturated heterocycles. The van der Waals surface area contributed by atoms with Crippen LogP contribution in [0, 0.1) is 5.82 Å². The van der Waals surface area contributed by atoms with Gasteiger partial charge in [-0.1, -0.05) is 11.8 Å². The quantitative estimate of drug-likeness (QED) is 0.674. The lowest BCUT2D eigenvalue weighted by molar-refractivity contribution is -0.107. The van der Waals surface area contributed by atoms with E-state index in [-0.39, 0.29) is 11.2 Å². The highest BCUT2D eigenvalue weighted by Crippen LogP contribution is 2.37. The Bertz CT molecular complexity index is 329. The fourth-order valence-electron chi connectivity index (χ4n) is 1.09. The Labute approximate surface area is 73.2 Å². The van der Waals surface area contributed by atoms with Gasteiger partial charge in [0.25, 0.3) is 0 Å². The molecular formula is C8H6FNOS. The predicted molar refractivity (Wildman–Crippen MR) is 45.7 cm³/mol. The summed E-state index contributed by atoms with van der Waals surface area (Å²) in [6.07, 6.45) is 0.808. The van der Waals surface area contributed by atoms with Crippen LogP contribution in [0.5, 0.6) is 0 Å². The second kappa shape index (κ2) is 2.79. The second-order valence-corrected chi connectivity index (χ2v) is 3.64. The topological polar surface area (TPSA) is 29.1 Å². The minimum absolute atomic E-state index is 0.262. The van der Waals surface area contributed by atoms with Crippen LogP contribution in [0.15, 0.2) is 23.1 Å². The first-order valence-electron chi connectivity index (χ1n) is 3.47. The zero-order chi connectivity index (χ0) is 8.55. The Morgan fingerprint density at radius 2 is 2.42 bits per heavy atom. The summed E-state index contributed by atoms with van der Waals surface area (Å²) in [4.78, 5) is 11.2. The van der Waals surface area contributed by atoms with Crippen molar-refractivity contribution in [1.29, 1.82) is 0 Å². The summed E-state index contributed by atoms with van der Waals surface area (Å²) in [5.41, 5.74) is 0.832. The SMILES string of the molecule is O=CC1Nc2ccc(F)cc2S1. The summed E-state index contributed by atoms with van der Waals surface area (Å²) < 4.78 is 12.7. The van der Waals surface area contributed by atoms with Gasteiger partial charge < -0.3 is 10.1 Å². The van der Waals surface area contributed by atoms with E-state index in [9.17, 15) is 9.18 Å². The van der Waals surface area contributed by atoms with Crippen LogP contribution in [0.4, 0.5) is 10.1 Å². The van der Waals surface area contributed by atoms with E-state index in [0.717, 1.165) is 16.9 Å². The lowest BCUT2D eigenvalue weighted by Gasteiger charge is -1.98. The molecule has 0 aromatic heterocycles. The molecule has 62 valence electrons. The molecule has 2 rings (SSSR count). The van der Waals surface area contributed by atoms with Crippen LogP contribution in [0.3, 0.4) is 0 Å². The molecule has 1 N–H and O–H groups in total. The normalized spacial score (nSPS) is 19.9. The number of halogens is 1. The van der Waals surface area contributed by atoms with Crippen molar-refractivity contribution in [3.63, 3.8) is 0 Å². The molecule has 0 radical (unpaired) electrons. The van der Waals surface area contributed by atoms with Gasteiger partial charge in [-0.05, 0) is 18.2 Å². The molecule has 1 aliphatic heterocycles. The van der Waals surface area contributed by atoms with Crippen molar-refractivity contribution in [2.45, 2.75) is 10.3 Å². The minimum atomic E-state index is -0.269. The molecule has 12 heavy (non-hydrogen) atoms. The summed E-state index contributed by atoms with van der Waals surface area (Å²) in [6.45, 7) is 0. The number of nitrogens with one attached hydrogen (secondary N) is 1. The summed E-state index contributed by atoms with van der Waals surface area (Å²) in [5.74, 6) is -0.269. The Morgan fingerprint density at radius 3 is 3.17 bits per heavy atom. The third-order valence-corrected chi connectivity index (χ3v) is 2.69. The maximum Gasteiger partial charge on any atom is 0.152 e. The monoisotopic (exact) mass is 183 g/mol. The maximum absolute atomic E-state index is 12.7. The van der Waals surface area contributed by atoms with E-state index in [2.05, 4.69) is 5.32 Å². The van der Waals surface area contributed by atoms with Crippen molar-refractivity contribution in [3.8, 4) is 0 Å². The van der Waals surface area contributed by atoms with Crippen LogP contribution in [0.2, 0.25) is 0 Å². The maximum atomic E-state index is 12.7. The van der Waals surface area contributed by atoms with Gasteiger partial charge >= 0.3 is 0 Å². The molecule has 0 fully saturated rings. The Hall–Kier alpha value is -1.03. The number of carbonyl (C=O) groups excluding carboxylic acids is 1. The summed E-state index contributed by atoms with van der Waals surface area (Å²) >= 11 is 1.33. The molecule has 1 unspecified atom stereocenters. The molecule has 1 heterocycles. The molecule has 0 amide bonds. The molecule has 0 bridgehead atoms. The van der Waals surface area contributed by atoms with Crippen LogP contribution < -0.4 is 5.32 Å². The first-order valence-corrected chi connectivity index (χ1v) is 4.35. The number of anilines is 1. The van der Waals surface area contributed by atoms with Gasteiger partial charge in [-0.2, -0.15) is 0 Å². The van der Waals surface area contributed by atoms with Crippen LogP contribution >= 0.6 is 11.8 Å². The number of carbonyl (C=O) groups is 1. The highest BCUT2D eigenvalue weighted by molar-refractivity contribution is 8.01. The van der Waals surface area contributed by atoms with E-state index in [1.165, 1.54) is 23.9 Å². The van der Waals surface area contributed by atoms with Gasteiger partial charge in [0, 0.05) is 10.6 Å². The van der Waals surface area contributed by atoms with Crippen molar-refractivity contribution < 1.29 is 9.18 Å². The van der Waals surface area contributed by atoms with Crippen LogP contribution in [-0.4, -0.2) is 11.7 Å². The summed E-state index contributed by atoms with van der Waals surface area (Å²) in [5, 5.41) is 2.68. The second-order valence-electron chi connectivity index (χ2n) is 2.46. The molecular weight excluding hydrogens is 177 g/mol. The molecule has 0 spiro atoms. The number of thioether (sulfide) groups is 1. The van der Waals surface area contributed by atoms with Gasteiger partial charge in [0.05, 0.1) is 0 Å². The van der Waals surface area contributed by atoms with Crippen LogP contribution in [-0.2, 0) is 4.79 Å². The van der Waals surface area contributed by atoms with Gasteiger partial charge in [-0.25, -0.2) is 4.39 Å². The largest absolute Gasteiger partial charge is 0.366 e. The van der Waals surface area contributed by atoms with Crippen LogP contribution in [0.25, 0.3) is 0 Å². The standard InChI is InChI=1S/C8H6FNOS/c9-5-1-2-6-7(3-5)12-8(4-11)10-6/h1-4,8,10H. The molecule has 1 aliphatic rings. The molecule has 1 atom stereocenters. The van der Waals surface area contributed by atoms with Gasteiger partial charge in [-0.15, -0.1) is 0 Å². The zero-order valence-corrected chi connectivity index (χ0v) is 6.90. The fourth-order valence-corrected chi connectivity index (χ4v) is 2.04. The van der Waals surface area contributed by atoms with Crippen molar-refractivity contribution in [1.82, 2.24) is 0 Å². The average Bonchev–Trinajstić information content (AvgIpc) is 2.46. The molecule has 2 nitrogen and oxygen atoms in total. The minimum Gasteiger partial charge on any atom is -0.366 e. The summed E-state index contributed by atoms with van der Waals surface area (Å²) in [7, 11) is 0. The number of rotatable bonds is 1. The molecule has 4 heteroatoms. The van der Waals surface area contributed by atoms with E-state index in [1.54, 1.807) is 6.07 Å². The molecule has 1 aromatic carbocycles. The predicted octanol–water partition coefficient (Wildman–Crippen LogP) is 1.87. The van der Waals surface area contributed by atoms with E-state index >= 15 is 0 Å². The van der Waals surface area contributed by atoms with Crippen molar-refractivity contribution in [2.75, 3.05) is 5.32 Å². The Kier molecular flexibility index (Phi) is 1.77. The number of benzene rings is 1. The van der Waals surface area contributed by atoms with Crippen molar-refractivity contribution in [2.24, 2.45) is 0 Å². The van der Waals surface area contributed by atoms with Gasteiger partial charge in [0.2, 0.25) is 0 Å². The fraction of sp³-hybridized carbons (Fsp3) is 0.125. The number of fused-ring (bicyclic) bond motifs is 1.